The lowest BCUT2D eigenvalue weighted by molar-refractivity contribution is 0.0985. The highest BCUT2D eigenvalue weighted by atomic mass is 35.5. The third kappa shape index (κ3) is 5.60. The summed E-state index contributed by atoms with van der Waals surface area (Å²) in [5, 5.41) is 1.21. The van der Waals surface area contributed by atoms with E-state index in [0.29, 0.717) is 41.9 Å². The summed E-state index contributed by atoms with van der Waals surface area (Å²) in [5.74, 6) is -0.217. The van der Waals surface area contributed by atoms with Crippen molar-refractivity contribution in [2.24, 2.45) is 0 Å². The SMILES string of the molecule is CN(C)CCN(C(=O)c1ccc(S(=O)(=O)N2CCCCCC2)cc1)c1nc2ccc(Cl)cc2s1. The van der Waals surface area contributed by atoms with Crippen LogP contribution in [0.3, 0.4) is 0 Å². The minimum absolute atomic E-state index is 0.217. The maximum absolute atomic E-state index is 13.5. The van der Waals surface area contributed by atoms with Crippen molar-refractivity contribution in [3.63, 3.8) is 0 Å². The topological polar surface area (TPSA) is 73.8 Å². The van der Waals surface area contributed by atoms with Crippen LogP contribution in [-0.4, -0.2) is 68.8 Å². The summed E-state index contributed by atoms with van der Waals surface area (Å²) in [4.78, 5) is 22.0. The van der Waals surface area contributed by atoms with Gasteiger partial charge < -0.3 is 4.90 Å². The number of hydrogen-bond acceptors (Lipinski definition) is 6. The molecule has 0 radical (unpaired) electrons. The highest BCUT2D eigenvalue weighted by Gasteiger charge is 2.26. The Morgan fingerprint density at radius 3 is 2.35 bits per heavy atom. The van der Waals surface area contributed by atoms with Gasteiger partial charge in [-0.2, -0.15) is 4.31 Å². The number of carbonyl (C=O) groups excluding carboxylic acids is 1. The smallest absolute Gasteiger partial charge is 0.260 e. The molecule has 1 aromatic heterocycles. The van der Waals surface area contributed by atoms with Gasteiger partial charge in [0.2, 0.25) is 10.0 Å². The number of sulfonamides is 1. The summed E-state index contributed by atoms with van der Waals surface area (Å²) in [6.07, 6.45) is 3.87. The number of aromatic nitrogens is 1. The van der Waals surface area contributed by atoms with Gasteiger partial charge in [-0.1, -0.05) is 35.8 Å². The zero-order chi connectivity index (χ0) is 24.3. The Hall–Kier alpha value is -2.04. The van der Waals surface area contributed by atoms with Gasteiger partial charge in [0, 0.05) is 36.8 Å². The number of amides is 1. The molecular weight excluding hydrogens is 492 g/mol. The first-order valence-corrected chi connectivity index (χ1v) is 14.0. The second-order valence-corrected chi connectivity index (χ2v) is 12.1. The quantitative estimate of drug-likeness (QED) is 0.450. The first-order chi connectivity index (χ1) is 16.3. The van der Waals surface area contributed by atoms with Crippen LogP contribution in [0, 0.1) is 0 Å². The Labute approximate surface area is 210 Å². The van der Waals surface area contributed by atoms with Crippen molar-refractivity contribution >= 4 is 54.2 Å². The maximum Gasteiger partial charge on any atom is 0.260 e. The zero-order valence-corrected chi connectivity index (χ0v) is 21.8. The third-order valence-corrected chi connectivity index (χ3v) is 9.08. The third-order valence-electron chi connectivity index (χ3n) is 5.89. The monoisotopic (exact) mass is 520 g/mol. The van der Waals surface area contributed by atoms with Crippen LogP contribution in [0.5, 0.6) is 0 Å². The van der Waals surface area contributed by atoms with Gasteiger partial charge in [0.15, 0.2) is 5.13 Å². The Morgan fingerprint density at radius 2 is 1.71 bits per heavy atom. The number of fused-ring (bicyclic) bond motifs is 1. The first-order valence-electron chi connectivity index (χ1n) is 11.4. The largest absolute Gasteiger partial charge is 0.308 e. The van der Waals surface area contributed by atoms with Gasteiger partial charge in [-0.05, 0) is 69.4 Å². The summed E-state index contributed by atoms with van der Waals surface area (Å²) >= 11 is 7.54. The van der Waals surface area contributed by atoms with E-state index in [9.17, 15) is 13.2 Å². The van der Waals surface area contributed by atoms with E-state index >= 15 is 0 Å². The van der Waals surface area contributed by atoms with Crippen LogP contribution in [0.1, 0.15) is 36.0 Å². The zero-order valence-electron chi connectivity index (χ0n) is 19.4. The van der Waals surface area contributed by atoms with Gasteiger partial charge in [-0.3, -0.25) is 9.69 Å². The second-order valence-electron chi connectivity index (χ2n) is 8.71. The number of rotatable bonds is 7. The predicted octanol–water partition coefficient (Wildman–Crippen LogP) is 4.72. The van der Waals surface area contributed by atoms with Gasteiger partial charge in [-0.25, -0.2) is 13.4 Å². The molecule has 0 spiro atoms. The lowest BCUT2D eigenvalue weighted by Gasteiger charge is -2.22. The Balaban J connectivity index is 1.60. The minimum atomic E-state index is -3.56. The number of benzene rings is 2. The summed E-state index contributed by atoms with van der Waals surface area (Å²) in [6.45, 7) is 2.20. The van der Waals surface area contributed by atoms with Crippen LogP contribution < -0.4 is 4.90 Å². The molecule has 1 aliphatic rings. The number of carbonyl (C=O) groups is 1. The molecule has 4 rings (SSSR count). The van der Waals surface area contributed by atoms with Crippen molar-refractivity contribution in [2.45, 2.75) is 30.6 Å². The van der Waals surface area contributed by atoms with Crippen molar-refractivity contribution in [1.82, 2.24) is 14.2 Å². The lowest BCUT2D eigenvalue weighted by atomic mass is 10.2. The Morgan fingerprint density at radius 1 is 1.03 bits per heavy atom. The number of halogens is 1. The van der Waals surface area contributed by atoms with E-state index in [1.54, 1.807) is 27.4 Å². The molecule has 10 heteroatoms. The molecule has 1 saturated heterocycles. The fourth-order valence-corrected chi connectivity index (χ4v) is 6.73. The fraction of sp³-hybridized carbons (Fsp3) is 0.417. The van der Waals surface area contributed by atoms with Crippen molar-refractivity contribution < 1.29 is 13.2 Å². The molecule has 0 aliphatic carbocycles. The Kier molecular flexibility index (Phi) is 7.89. The number of thiazole rings is 1. The van der Waals surface area contributed by atoms with Crippen LogP contribution in [0.25, 0.3) is 10.2 Å². The standard InChI is InChI=1S/C24H29ClN4O3S2/c1-27(2)15-16-29(24-26-21-12-9-19(25)17-22(21)33-24)23(30)18-7-10-20(11-8-18)34(31,32)28-13-5-3-4-6-14-28/h7-12,17H,3-6,13-16H2,1-2H3. The summed E-state index contributed by atoms with van der Waals surface area (Å²) in [5.41, 5.74) is 1.21. The van der Waals surface area contributed by atoms with Crippen molar-refractivity contribution in [3.8, 4) is 0 Å². The average molecular weight is 521 g/mol. The molecule has 7 nitrogen and oxygen atoms in total. The van der Waals surface area contributed by atoms with Gasteiger partial charge >= 0.3 is 0 Å². The second kappa shape index (κ2) is 10.7. The van der Waals surface area contributed by atoms with Gasteiger partial charge in [0.1, 0.15) is 0 Å². The van der Waals surface area contributed by atoms with E-state index in [1.165, 1.54) is 23.5 Å². The number of anilines is 1. The summed E-state index contributed by atoms with van der Waals surface area (Å²) in [7, 11) is 0.331. The van der Waals surface area contributed by atoms with Gasteiger partial charge in [-0.15, -0.1) is 0 Å². The molecule has 0 atom stereocenters. The maximum atomic E-state index is 13.5. The molecular formula is C24H29ClN4O3S2. The molecule has 3 aromatic rings. The predicted molar refractivity (Wildman–Crippen MR) is 139 cm³/mol. The molecule has 0 bridgehead atoms. The molecule has 34 heavy (non-hydrogen) atoms. The van der Waals surface area contributed by atoms with E-state index < -0.39 is 10.0 Å². The normalized spacial score (nSPS) is 15.5. The van der Waals surface area contributed by atoms with E-state index in [4.69, 9.17) is 11.6 Å². The molecule has 0 unspecified atom stereocenters. The van der Waals surface area contributed by atoms with Crippen LogP contribution >= 0.6 is 22.9 Å². The number of hydrogen-bond donors (Lipinski definition) is 0. The summed E-state index contributed by atoms with van der Waals surface area (Å²) < 4.78 is 28.6. The molecule has 0 saturated carbocycles. The lowest BCUT2D eigenvalue weighted by Crippen LogP contribution is -2.36. The molecule has 1 aliphatic heterocycles. The molecule has 2 heterocycles. The molecule has 1 amide bonds. The van der Waals surface area contributed by atoms with E-state index in [0.717, 1.165) is 35.9 Å². The molecule has 182 valence electrons. The van der Waals surface area contributed by atoms with Crippen LogP contribution in [-0.2, 0) is 10.0 Å². The van der Waals surface area contributed by atoms with Crippen molar-refractivity contribution in [2.75, 3.05) is 45.2 Å². The van der Waals surface area contributed by atoms with E-state index in [-0.39, 0.29) is 10.8 Å². The average Bonchev–Trinajstić information content (AvgIpc) is 3.02. The summed E-state index contributed by atoms with van der Waals surface area (Å²) in [6, 6.07) is 11.7. The van der Waals surface area contributed by atoms with Crippen molar-refractivity contribution in [1.29, 1.82) is 0 Å². The number of nitrogens with zero attached hydrogens (tertiary/aromatic N) is 4. The minimum Gasteiger partial charge on any atom is -0.308 e. The van der Waals surface area contributed by atoms with Gasteiger partial charge in [0.25, 0.3) is 5.91 Å². The molecule has 0 N–H and O–H groups in total. The molecule has 1 fully saturated rings. The van der Waals surface area contributed by atoms with Crippen LogP contribution in [0.2, 0.25) is 5.02 Å². The number of likely N-dealkylation sites (N-methyl/N-ethyl adjacent to an activating group) is 1. The highest BCUT2D eigenvalue weighted by molar-refractivity contribution is 7.89. The van der Waals surface area contributed by atoms with Crippen molar-refractivity contribution in [3.05, 3.63) is 53.1 Å². The van der Waals surface area contributed by atoms with E-state index in [1.807, 2.05) is 31.1 Å². The van der Waals surface area contributed by atoms with Crippen LogP contribution in [0.4, 0.5) is 5.13 Å². The van der Waals surface area contributed by atoms with Crippen LogP contribution in [0.15, 0.2) is 47.4 Å². The Bertz CT molecular complexity index is 1250. The first kappa shape index (κ1) is 25.1. The van der Waals surface area contributed by atoms with Gasteiger partial charge in [0.05, 0.1) is 15.1 Å². The molecule has 2 aromatic carbocycles. The van der Waals surface area contributed by atoms with E-state index in [2.05, 4.69) is 4.98 Å². The fourth-order valence-electron chi connectivity index (χ4n) is 3.94. The highest BCUT2D eigenvalue weighted by Crippen LogP contribution is 2.31.